The van der Waals surface area contributed by atoms with E-state index in [1.54, 1.807) is 11.8 Å². The minimum Gasteiger partial charge on any atom is -0.378 e. The molecule has 0 saturated carbocycles. The second-order valence-corrected chi connectivity index (χ2v) is 7.15. The molecule has 7 heteroatoms. The molecule has 1 N–H and O–H groups in total. The van der Waals surface area contributed by atoms with Crippen LogP contribution in [0.5, 0.6) is 0 Å². The Balaban J connectivity index is 1.96. The number of morpholine rings is 1. The average Bonchev–Trinajstić information content (AvgIpc) is 2.52. The Hall–Kier alpha value is -0.950. The van der Waals surface area contributed by atoms with Gasteiger partial charge in [-0.2, -0.15) is 11.8 Å². The van der Waals surface area contributed by atoms with Crippen LogP contribution in [0, 0.1) is 0 Å². The van der Waals surface area contributed by atoms with Crippen molar-refractivity contribution in [1.82, 2.24) is 4.90 Å². The van der Waals surface area contributed by atoms with E-state index in [4.69, 9.17) is 16.3 Å². The first-order valence-corrected chi connectivity index (χ1v) is 9.24. The van der Waals surface area contributed by atoms with Crippen molar-refractivity contribution in [2.75, 3.05) is 68.7 Å². The fraction of sp³-hybridized carbons (Fsp3) is 0.562. The number of ether oxygens (including phenoxy) is 1. The van der Waals surface area contributed by atoms with Crippen LogP contribution in [0.2, 0.25) is 5.02 Å². The molecule has 1 heterocycles. The molecule has 5 nitrogen and oxygen atoms in total. The minimum atomic E-state index is 0.00512. The molecule has 0 spiro atoms. The van der Waals surface area contributed by atoms with E-state index in [9.17, 15) is 4.79 Å². The molecule has 0 radical (unpaired) electrons. The number of hydrogen-bond acceptors (Lipinski definition) is 5. The Morgan fingerprint density at radius 1 is 1.39 bits per heavy atom. The number of carbonyl (C=O) groups excluding carboxylic acids is 1. The molecule has 1 saturated heterocycles. The molecular formula is C16H24ClN3O2S. The molecule has 128 valence electrons. The molecule has 0 atom stereocenters. The summed E-state index contributed by atoms with van der Waals surface area (Å²) in [7, 11) is 4.06. The number of halogens is 1. The van der Waals surface area contributed by atoms with Crippen LogP contribution in [-0.4, -0.2) is 69.3 Å². The first-order valence-electron chi connectivity index (χ1n) is 7.71. The van der Waals surface area contributed by atoms with Crippen LogP contribution in [0.15, 0.2) is 18.2 Å². The lowest BCUT2D eigenvalue weighted by molar-refractivity contribution is -0.113. The molecule has 1 aromatic carbocycles. The van der Waals surface area contributed by atoms with E-state index in [0.29, 0.717) is 24.0 Å². The molecule has 1 fully saturated rings. The summed E-state index contributed by atoms with van der Waals surface area (Å²) in [5.41, 5.74) is 1.67. The van der Waals surface area contributed by atoms with Crippen LogP contribution >= 0.6 is 23.4 Å². The number of nitrogens with one attached hydrogen (secondary N) is 1. The van der Waals surface area contributed by atoms with Crippen LogP contribution in [0.4, 0.5) is 11.4 Å². The summed E-state index contributed by atoms with van der Waals surface area (Å²) < 4.78 is 5.39. The highest BCUT2D eigenvalue weighted by atomic mass is 35.5. The highest BCUT2D eigenvalue weighted by Gasteiger charge is 2.18. The smallest absolute Gasteiger partial charge is 0.234 e. The van der Waals surface area contributed by atoms with E-state index in [-0.39, 0.29) is 5.91 Å². The van der Waals surface area contributed by atoms with Gasteiger partial charge in [-0.25, -0.2) is 0 Å². The van der Waals surface area contributed by atoms with Gasteiger partial charge in [-0.3, -0.25) is 4.79 Å². The maximum Gasteiger partial charge on any atom is 0.234 e. The zero-order valence-electron chi connectivity index (χ0n) is 13.7. The number of carbonyl (C=O) groups is 1. The van der Waals surface area contributed by atoms with E-state index in [1.807, 2.05) is 32.3 Å². The third-order valence-electron chi connectivity index (χ3n) is 3.50. The predicted octanol–water partition coefficient (Wildman–Crippen LogP) is 2.41. The first kappa shape index (κ1) is 18.4. The predicted molar refractivity (Wildman–Crippen MR) is 99.0 cm³/mol. The van der Waals surface area contributed by atoms with Gasteiger partial charge in [-0.15, -0.1) is 0 Å². The van der Waals surface area contributed by atoms with Gasteiger partial charge in [0, 0.05) is 25.4 Å². The van der Waals surface area contributed by atoms with Crippen molar-refractivity contribution in [1.29, 1.82) is 0 Å². The fourth-order valence-corrected chi connectivity index (χ4v) is 3.51. The van der Waals surface area contributed by atoms with Crippen LogP contribution in [0.25, 0.3) is 0 Å². The number of nitrogens with zero attached hydrogens (tertiary/aromatic N) is 2. The third kappa shape index (κ3) is 5.88. The van der Waals surface area contributed by atoms with Gasteiger partial charge < -0.3 is 19.9 Å². The summed E-state index contributed by atoms with van der Waals surface area (Å²) in [6, 6.07) is 5.62. The Morgan fingerprint density at radius 2 is 2.13 bits per heavy atom. The normalized spacial score (nSPS) is 15.0. The minimum absolute atomic E-state index is 0.00512. The second-order valence-electron chi connectivity index (χ2n) is 5.64. The summed E-state index contributed by atoms with van der Waals surface area (Å²) in [6.07, 6.45) is 0. The van der Waals surface area contributed by atoms with E-state index in [2.05, 4.69) is 15.1 Å². The van der Waals surface area contributed by atoms with E-state index in [1.165, 1.54) is 0 Å². The van der Waals surface area contributed by atoms with Crippen molar-refractivity contribution < 1.29 is 9.53 Å². The molecule has 1 aliphatic rings. The lowest BCUT2D eigenvalue weighted by Crippen LogP contribution is -2.37. The number of thioether (sulfide) groups is 1. The van der Waals surface area contributed by atoms with Crippen LogP contribution in [0.1, 0.15) is 0 Å². The highest BCUT2D eigenvalue weighted by molar-refractivity contribution is 7.99. The van der Waals surface area contributed by atoms with Gasteiger partial charge in [-0.1, -0.05) is 17.7 Å². The van der Waals surface area contributed by atoms with Crippen molar-refractivity contribution in [3.8, 4) is 0 Å². The largest absolute Gasteiger partial charge is 0.378 e. The Morgan fingerprint density at radius 3 is 2.83 bits per heavy atom. The number of para-hydroxylation sites is 1. The summed E-state index contributed by atoms with van der Waals surface area (Å²) in [4.78, 5) is 16.4. The topological polar surface area (TPSA) is 44.8 Å². The summed E-state index contributed by atoms with van der Waals surface area (Å²) in [6.45, 7) is 3.89. The zero-order valence-corrected chi connectivity index (χ0v) is 15.3. The molecule has 0 unspecified atom stereocenters. The van der Waals surface area contributed by atoms with Gasteiger partial charge in [0.05, 0.1) is 35.4 Å². The molecule has 1 aliphatic heterocycles. The van der Waals surface area contributed by atoms with Crippen LogP contribution < -0.4 is 10.2 Å². The average molecular weight is 358 g/mol. The Labute approximate surface area is 147 Å². The van der Waals surface area contributed by atoms with Gasteiger partial charge in [0.1, 0.15) is 0 Å². The van der Waals surface area contributed by atoms with Crippen molar-refractivity contribution in [2.45, 2.75) is 0 Å². The van der Waals surface area contributed by atoms with Gasteiger partial charge >= 0.3 is 0 Å². The molecule has 23 heavy (non-hydrogen) atoms. The lowest BCUT2D eigenvalue weighted by Gasteiger charge is -2.31. The monoisotopic (exact) mass is 357 g/mol. The van der Waals surface area contributed by atoms with E-state index < -0.39 is 0 Å². The molecular weight excluding hydrogens is 334 g/mol. The van der Waals surface area contributed by atoms with Crippen molar-refractivity contribution >= 4 is 40.6 Å². The van der Waals surface area contributed by atoms with Gasteiger partial charge in [0.2, 0.25) is 5.91 Å². The maximum absolute atomic E-state index is 12.2. The van der Waals surface area contributed by atoms with Gasteiger partial charge in [-0.05, 0) is 26.2 Å². The quantitative estimate of drug-likeness (QED) is 0.759. The number of hydrogen-bond donors (Lipinski definition) is 1. The van der Waals surface area contributed by atoms with E-state index >= 15 is 0 Å². The number of rotatable bonds is 7. The molecule has 1 aromatic rings. The summed E-state index contributed by atoms with van der Waals surface area (Å²) in [5.74, 6) is 1.39. The SMILES string of the molecule is CN(C)CCSCC(=O)Nc1cccc(Cl)c1N1CCOCC1. The molecule has 0 aliphatic carbocycles. The lowest BCUT2D eigenvalue weighted by atomic mass is 10.2. The van der Waals surface area contributed by atoms with Crippen molar-refractivity contribution in [2.24, 2.45) is 0 Å². The summed E-state index contributed by atoms with van der Waals surface area (Å²) >= 11 is 8.00. The molecule has 1 amide bonds. The molecule has 2 rings (SSSR count). The first-order chi connectivity index (χ1) is 11.1. The number of anilines is 2. The standard InChI is InChI=1S/C16H24ClN3O2S/c1-19(2)8-11-23-12-15(21)18-14-5-3-4-13(17)16(14)20-6-9-22-10-7-20/h3-5H,6-12H2,1-2H3,(H,18,21). The Bertz CT molecular complexity index is 522. The zero-order chi connectivity index (χ0) is 16.7. The fourth-order valence-electron chi connectivity index (χ4n) is 2.32. The molecule has 0 bridgehead atoms. The number of amides is 1. The van der Waals surface area contributed by atoms with Gasteiger partial charge in [0.25, 0.3) is 0 Å². The van der Waals surface area contributed by atoms with Gasteiger partial charge in [0.15, 0.2) is 0 Å². The maximum atomic E-state index is 12.2. The number of benzene rings is 1. The van der Waals surface area contributed by atoms with Crippen LogP contribution in [0.3, 0.4) is 0 Å². The van der Waals surface area contributed by atoms with E-state index in [0.717, 1.165) is 36.8 Å². The van der Waals surface area contributed by atoms with Crippen molar-refractivity contribution in [3.05, 3.63) is 23.2 Å². The second kappa shape index (κ2) is 9.37. The molecule has 0 aromatic heterocycles. The van der Waals surface area contributed by atoms with Crippen LogP contribution in [-0.2, 0) is 9.53 Å². The Kier molecular flexibility index (Phi) is 7.49. The third-order valence-corrected chi connectivity index (χ3v) is 4.75. The summed E-state index contributed by atoms with van der Waals surface area (Å²) in [5, 5.41) is 3.65. The highest BCUT2D eigenvalue weighted by Crippen LogP contribution is 2.34. The van der Waals surface area contributed by atoms with Crippen molar-refractivity contribution in [3.63, 3.8) is 0 Å².